The molecule has 0 N–H and O–H groups in total. The lowest BCUT2D eigenvalue weighted by molar-refractivity contribution is 0.669. The molecule has 0 radical (unpaired) electrons. The second-order valence-electron chi connectivity index (χ2n) is 16.3. The van der Waals surface area contributed by atoms with E-state index in [-0.39, 0.29) is 0 Å². The van der Waals surface area contributed by atoms with Crippen LogP contribution in [0.3, 0.4) is 0 Å². The minimum absolute atomic E-state index is 0.914. The van der Waals surface area contributed by atoms with Gasteiger partial charge in [-0.25, -0.2) is 0 Å². The van der Waals surface area contributed by atoms with Gasteiger partial charge in [0.1, 0.15) is 66.1 Å². The summed E-state index contributed by atoms with van der Waals surface area (Å²) in [6, 6.07) is 50.7. The zero-order valence-electron chi connectivity index (χ0n) is 34.1. The molecule has 0 aliphatic heterocycles. The fourth-order valence-corrected chi connectivity index (χ4v) is 10.1. The lowest BCUT2D eigenvalue weighted by Crippen LogP contribution is -2.48. The molecule has 0 bridgehead atoms. The average Bonchev–Trinajstić information content (AvgIpc) is 3.92. The third kappa shape index (κ3) is 4.84. The molecule has 266 valence electrons. The number of benzene rings is 8. The Bertz CT molecular complexity index is 3530. The summed E-state index contributed by atoms with van der Waals surface area (Å²) in [6.45, 7) is 0. The van der Waals surface area contributed by atoms with Gasteiger partial charge in [0.25, 0.3) is 0 Å². The number of fused-ring (bicyclic) bond motifs is 9. The molecule has 0 saturated carbocycles. The van der Waals surface area contributed by atoms with Gasteiger partial charge in [-0.3, -0.25) is 0 Å². The average molecular weight is 734 g/mol. The summed E-state index contributed by atoms with van der Waals surface area (Å²) in [5.74, 6) is 0. The van der Waals surface area contributed by atoms with Gasteiger partial charge in [0.2, 0.25) is 0 Å². The van der Waals surface area contributed by atoms with Gasteiger partial charge in [-0.15, -0.1) is 5.46 Å². The summed E-state index contributed by atoms with van der Waals surface area (Å²) in [7, 11) is 16.2. The first-order chi connectivity index (χ1) is 28.2. The van der Waals surface area contributed by atoms with E-state index in [9.17, 15) is 0 Å². The summed E-state index contributed by atoms with van der Waals surface area (Å²) in [6.07, 6.45) is 0. The predicted octanol–water partition coefficient (Wildman–Crippen LogP) is 0.923. The summed E-state index contributed by atoms with van der Waals surface area (Å²) >= 11 is 0. The molecule has 11 aromatic rings. The van der Waals surface area contributed by atoms with Crippen molar-refractivity contribution in [1.29, 1.82) is 0 Å². The van der Waals surface area contributed by atoms with E-state index in [1.54, 1.807) is 0 Å². The second-order valence-corrected chi connectivity index (χ2v) is 16.3. The molecule has 3 nitrogen and oxygen atoms in total. The number of furan rings is 1. The van der Waals surface area contributed by atoms with Crippen LogP contribution in [-0.2, 0) is 0 Å². The van der Waals surface area contributed by atoms with E-state index in [4.69, 9.17) is 4.42 Å². The minimum atomic E-state index is 0.914. The molecule has 11 rings (SSSR count). The number of hydrogen-bond acceptors (Lipinski definition) is 1. The van der Waals surface area contributed by atoms with Gasteiger partial charge in [0.15, 0.2) is 0 Å². The van der Waals surface area contributed by atoms with Crippen molar-refractivity contribution >= 4 is 159 Å². The Morgan fingerprint density at radius 1 is 0.345 bits per heavy atom. The molecule has 0 saturated heterocycles. The SMILES string of the molecule is Bc1c(B)c(B)c2c(c1B)c1c(B)c(-c3ccc4c(c3)c3ccc(-c5ccccc5)cc3n4-c3ccccc3)c(B)c(B)c1n2-c1ccc2oc3ccccc3c2c1. The highest BCUT2D eigenvalue weighted by atomic mass is 16.3. The highest BCUT2D eigenvalue weighted by Gasteiger charge is 2.25. The molecule has 0 unspecified atom stereocenters. The van der Waals surface area contributed by atoms with E-state index in [0.29, 0.717) is 0 Å². The van der Waals surface area contributed by atoms with Crippen LogP contribution in [-0.4, -0.2) is 64.1 Å². The lowest BCUT2D eigenvalue weighted by atomic mass is 9.64. The van der Waals surface area contributed by atoms with Crippen LogP contribution in [0.4, 0.5) is 0 Å². The highest BCUT2D eigenvalue weighted by Crippen LogP contribution is 2.38. The van der Waals surface area contributed by atoms with Crippen molar-refractivity contribution in [2.75, 3.05) is 0 Å². The Morgan fingerprint density at radius 3 is 1.76 bits per heavy atom. The first kappa shape index (κ1) is 34.8. The van der Waals surface area contributed by atoms with E-state index in [1.807, 2.05) is 6.07 Å². The molecular formula is C48H37B7N2O. The lowest BCUT2D eigenvalue weighted by Gasteiger charge is -2.19. The zero-order valence-corrected chi connectivity index (χ0v) is 34.1. The number of aromatic nitrogens is 2. The first-order valence-corrected chi connectivity index (χ1v) is 20.4. The Balaban J connectivity index is 1.21. The van der Waals surface area contributed by atoms with Gasteiger partial charge in [0.05, 0.1) is 11.0 Å². The first-order valence-electron chi connectivity index (χ1n) is 20.4. The maximum atomic E-state index is 6.30. The van der Waals surface area contributed by atoms with E-state index >= 15 is 0 Å². The Hall–Kier alpha value is -6.39. The van der Waals surface area contributed by atoms with Crippen molar-refractivity contribution in [3.63, 3.8) is 0 Å². The van der Waals surface area contributed by atoms with E-state index < -0.39 is 0 Å². The molecule has 0 aliphatic rings. The largest absolute Gasteiger partial charge is 0.456 e. The molecule has 0 aliphatic carbocycles. The molecule has 10 heteroatoms. The van der Waals surface area contributed by atoms with Crippen LogP contribution in [0.25, 0.3) is 99.2 Å². The molecule has 0 fully saturated rings. The zero-order chi connectivity index (χ0) is 39.6. The summed E-state index contributed by atoms with van der Waals surface area (Å²) in [5, 5.41) is 7.49. The molecule has 58 heavy (non-hydrogen) atoms. The Kier molecular flexibility index (Phi) is 7.69. The topological polar surface area (TPSA) is 23.0 Å². The van der Waals surface area contributed by atoms with Crippen molar-refractivity contribution in [3.8, 4) is 33.6 Å². The highest BCUT2D eigenvalue weighted by molar-refractivity contribution is 6.69. The van der Waals surface area contributed by atoms with Crippen molar-refractivity contribution in [2.45, 2.75) is 0 Å². The Labute approximate surface area is 343 Å². The van der Waals surface area contributed by atoms with Gasteiger partial charge >= 0.3 is 0 Å². The van der Waals surface area contributed by atoms with E-state index in [1.165, 1.54) is 104 Å². The van der Waals surface area contributed by atoms with Crippen LogP contribution < -0.4 is 38.2 Å². The van der Waals surface area contributed by atoms with Crippen molar-refractivity contribution in [3.05, 3.63) is 140 Å². The Morgan fingerprint density at radius 2 is 0.983 bits per heavy atom. The predicted molar refractivity (Wildman–Crippen MR) is 271 cm³/mol. The van der Waals surface area contributed by atoms with Crippen LogP contribution in [0, 0.1) is 0 Å². The second kappa shape index (κ2) is 12.8. The maximum Gasteiger partial charge on any atom is 0.141 e. The number of rotatable bonds is 4. The molecule has 0 spiro atoms. The quantitative estimate of drug-likeness (QED) is 0.247. The van der Waals surface area contributed by atoms with Crippen LogP contribution >= 0.6 is 0 Å². The van der Waals surface area contributed by atoms with Crippen LogP contribution in [0.1, 0.15) is 0 Å². The third-order valence-electron chi connectivity index (χ3n) is 13.4. The van der Waals surface area contributed by atoms with Gasteiger partial charge in [-0.05, 0) is 82.2 Å². The normalized spacial score (nSPS) is 11.9. The summed E-state index contributed by atoms with van der Waals surface area (Å²) in [4.78, 5) is 0. The van der Waals surface area contributed by atoms with Crippen LogP contribution in [0.15, 0.2) is 144 Å². The summed E-state index contributed by atoms with van der Waals surface area (Å²) in [5.41, 5.74) is 23.5. The number of nitrogens with zero attached hydrogens (tertiary/aromatic N) is 2. The van der Waals surface area contributed by atoms with E-state index in [2.05, 4.69) is 198 Å². The van der Waals surface area contributed by atoms with Gasteiger partial charge in [-0.2, -0.15) is 0 Å². The van der Waals surface area contributed by atoms with Gasteiger partial charge < -0.3 is 13.6 Å². The third-order valence-corrected chi connectivity index (χ3v) is 13.4. The maximum absolute atomic E-state index is 6.30. The van der Waals surface area contributed by atoms with Crippen LogP contribution in [0.5, 0.6) is 0 Å². The number of para-hydroxylation sites is 2. The molecule has 3 heterocycles. The monoisotopic (exact) mass is 734 g/mol. The summed E-state index contributed by atoms with van der Waals surface area (Å²) < 4.78 is 11.3. The van der Waals surface area contributed by atoms with Crippen LogP contribution in [0.2, 0.25) is 0 Å². The number of hydrogen-bond donors (Lipinski definition) is 0. The van der Waals surface area contributed by atoms with E-state index in [0.717, 1.165) is 33.3 Å². The molecular weight excluding hydrogens is 696 g/mol. The molecule has 8 aromatic carbocycles. The van der Waals surface area contributed by atoms with Crippen molar-refractivity contribution in [1.82, 2.24) is 9.13 Å². The van der Waals surface area contributed by atoms with Gasteiger partial charge in [-0.1, -0.05) is 118 Å². The minimum Gasteiger partial charge on any atom is -0.456 e. The smallest absolute Gasteiger partial charge is 0.141 e. The van der Waals surface area contributed by atoms with Crippen molar-refractivity contribution in [2.24, 2.45) is 0 Å². The molecule has 3 aromatic heterocycles. The standard InChI is InChI=1S/C48H37B7N2O/c49-40-37(26-16-19-33-31(21-26)29-18-15-25(24-9-3-1-4-10-24)22-34(29)56(33)27-11-5-2-6-12-27)41(50)45(54)47-38(40)39-42(51)43(52)44(53)46(55)48(39)57(47)28-17-20-36-32(23-28)30-13-7-8-14-35(30)58-36/h1-23H,49-55H2. The van der Waals surface area contributed by atoms with Crippen molar-refractivity contribution < 1.29 is 4.42 Å². The molecule has 0 amide bonds. The molecule has 0 atom stereocenters. The fraction of sp³-hybridized carbons (Fsp3) is 0. The van der Waals surface area contributed by atoms with Gasteiger partial charge in [0, 0.05) is 49.3 Å². The fourth-order valence-electron chi connectivity index (χ4n) is 10.1.